The zero-order chi connectivity index (χ0) is 17.3. The normalized spacial score (nSPS) is 16.4. The lowest BCUT2D eigenvalue weighted by Gasteiger charge is -2.25. The molecule has 1 aliphatic carbocycles. The molecule has 1 heterocycles. The molecule has 6 nitrogen and oxygen atoms in total. The first-order valence-electron chi connectivity index (χ1n) is 7.55. The summed E-state index contributed by atoms with van der Waals surface area (Å²) in [6.45, 7) is 0. The Morgan fingerprint density at radius 1 is 1.17 bits per heavy atom. The molecule has 2 aromatic rings. The fourth-order valence-electron chi connectivity index (χ4n) is 3.12. The van der Waals surface area contributed by atoms with Crippen molar-refractivity contribution in [3.63, 3.8) is 0 Å². The summed E-state index contributed by atoms with van der Waals surface area (Å²) >= 11 is 0. The molecule has 6 heteroatoms. The second-order valence-corrected chi connectivity index (χ2v) is 5.67. The first-order chi connectivity index (χ1) is 11.5. The standard InChI is InChI=1S/C18H17NO5/c1-23-16-6-4-3-5-11(16)10-7-14-12(15(20)8-10)9-13(17(21)19-14)18(22)24-2/h3-6,9-10H,7-8H2,1-2H3,(H,19,21). The van der Waals surface area contributed by atoms with Crippen molar-refractivity contribution in [2.75, 3.05) is 14.2 Å². The number of benzene rings is 1. The highest BCUT2D eigenvalue weighted by molar-refractivity contribution is 6.01. The van der Waals surface area contributed by atoms with Crippen LogP contribution in [0.1, 0.15) is 44.3 Å². The number of esters is 1. The molecule has 1 atom stereocenters. The first-order valence-corrected chi connectivity index (χ1v) is 7.55. The van der Waals surface area contributed by atoms with Crippen LogP contribution in [-0.2, 0) is 11.2 Å². The van der Waals surface area contributed by atoms with Crippen molar-refractivity contribution in [1.29, 1.82) is 0 Å². The van der Waals surface area contributed by atoms with Crippen molar-refractivity contribution in [2.24, 2.45) is 0 Å². The van der Waals surface area contributed by atoms with Crippen LogP contribution in [0.4, 0.5) is 0 Å². The second kappa shape index (κ2) is 6.31. The van der Waals surface area contributed by atoms with E-state index in [0.29, 0.717) is 29.8 Å². The number of hydrogen-bond acceptors (Lipinski definition) is 5. The van der Waals surface area contributed by atoms with Crippen LogP contribution in [0.25, 0.3) is 0 Å². The molecule has 0 saturated heterocycles. The zero-order valence-corrected chi connectivity index (χ0v) is 13.4. The molecule has 1 aromatic heterocycles. The van der Waals surface area contributed by atoms with Crippen LogP contribution < -0.4 is 10.3 Å². The number of nitrogens with one attached hydrogen (secondary N) is 1. The lowest BCUT2D eigenvalue weighted by Crippen LogP contribution is -2.27. The molecular formula is C18H17NO5. The summed E-state index contributed by atoms with van der Waals surface area (Å²) in [5.41, 5.74) is 1.15. The van der Waals surface area contributed by atoms with E-state index in [4.69, 9.17) is 4.74 Å². The van der Waals surface area contributed by atoms with Gasteiger partial charge in [-0.15, -0.1) is 0 Å². The number of methoxy groups -OCH3 is 2. The molecule has 0 fully saturated rings. The van der Waals surface area contributed by atoms with Crippen LogP contribution in [0.15, 0.2) is 35.1 Å². The van der Waals surface area contributed by atoms with Gasteiger partial charge in [-0.2, -0.15) is 0 Å². The fraction of sp³-hybridized carbons (Fsp3) is 0.278. The fourth-order valence-corrected chi connectivity index (χ4v) is 3.12. The number of aromatic nitrogens is 1. The summed E-state index contributed by atoms with van der Waals surface area (Å²) in [4.78, 5) is 38.9. The van der Waals surface area contributed by atoms with Crippen LogP contribution in [-0.4, -0.2) is 31.0 Å². The number of aromatic amines is 1. The van der Waals surface area contributed by atoms with Crippen LogP contribution in [0.5, 0.6) is 5.75 Å². The minimum Gasteiger partial charge on any atom is -0.496 e. The Balaban J connectivity index is 2.02. The largest absolute Gasteiger partial charge is 0.496 e. The van der Waals surface area contributed by atoms with Crippen LogP contribution in [0.3, 0.4) is 0 Å². The molecule has 1 aliphatic rings. The molecule has 0 saturated carbocycles. The van der Waals surface area contributed by atoms with Gasteiger partial charge in [0, 0.05) is 23.6 Å². The topological polar surface area (TPSA) is 85.5 Å². The number of para-hydroxylation sites is 1. The van der Waals surface area contributed by atoms with Crippen molar-refractivity contribution in [3.05, 3.63) is 63.1 Å². The molecule has 0 radical (unpaired) electrons. The van der Waals surface area contributed by atoms with Crippen LogP contribution in [0.2, 0.25) is 0 Å². The molecule has 0 bridgehead atoms. The van der Waals surface area contributed by atoms with Gasteiger partial charge in [-0.3, -0.25) is 9.59 Å². The monoisotopic (exact) mass is 327 g/mol. The molecule has 1 aromatic carbocycles. The highest BCUT2D eigenvalue weighted by Crippen LogP contribution is 2.36. The first kappa shape index (κ1) is 16.0. The maximum atomic E-state index is 12.5. The van der Waals surface area contributed by atoms with E-state index in [9.17, 15) is 14.4 Å². The lowest BCUT2D eigenvalue weighted by atomic mass is 9.81. The number of rotatable bonds is 3. The molecular weight excluding hydrogens is 310 g/mol. The maximum absolute atomic E-state index is 12.5. The number of hydrogen-bond donors (Lipinski definition) is 1. The number of H-pyrrole nitrogens is 1. The summed E-state index contributed by atoms with van der Waals surface area (Å²) in [6.07, 6.45) is 0.790. The van der Waals surface area contributed by atoms with Crippen molar-refractivity contribution in [2.45, 2.75) is 18.8 Å². The highest BCUT2D eigenvalue weighted by atomic mass is 16.5. The van der Waals surface area contributed by atoms with Crippen molar-refractivity contribution in [3.8, 4) is 5.75 Å². The minimum absolute atomic E-state index is 0.0826. The van der Waals surface area contributed by atoms with E-state index in [0.717, 1.165) is 5.56 Å². The van der Waals surface area contributed by atoms with Crippen LogP contribution >= 0.6 is 0 Å². The molecule has 24 heavy (non-hydrogen) atoms. The molecule has 0 aliphatic heterocycles. The summed E-state index contributed by atoms with van der Waals surface area (Å²) < 4.78 is 9.94. The third-order valence-electron chi connectivity index (χ3n) is 4.29. The number of pyridine rings is 1. The Labute approximate surface area is 138 Å². The van der Waals surface area contributed by atoms with Gasteiger partial charge in [0.1, 0.15) is 11.3 Å². The molecule has 0 amide bonds. The molecule has 0 spiro atoms. The SMILES string of the molecule is COC(=O)c1cc2c([nH]c1=O)CC(c1ccccc1OC)CC2=O. The summed E-state index contributed by atoms with van der Waals surface area (Å²) in [5.74, 6) is -0.236. The van der Waals surface area contributed by atoms with Crippen molar-refractivity contribution in [1.82, 2.24) is 4.98 Å². The van der Waals surface area contributed by atoms with Crippen molar-refractivity contribution >= 4 is 11.8 Å². The molecule has 3 rings (SSSR count). The van der Waals surface area contributed by atoms with E-state index in [2.05, 4.69) is 9.72 Å². The van der Waals surface area contributed by atoms with Crippen LogP contribution in [0, 0.1) is 0 Å². The van der Waals surface area contributed by atoms with E-state index >= 15 is 0 Å². The quantitative estimate of drug-likeness (QED) is 0.873. The Kier molecular flexibility index (Phi) is 4.20. The number of carbonyl (C=O) groups excluding carboxylic acids is 2. The van der Waals surface area contributed by atoms with Gasteiger partial charge < -0.3 is 14.5 Å². The van der Waals surface area contributed by atoms with Gasteiger partial charge in [-0.25, -0.2) is 4.79 Å². The Morgan fingerprint density at radius 2 is 1.92 bits per heavy atom. The van der Waals surface area contributed by atoms with Gasteiger partial charge in [0.15, 0.2) is 5.78 Å². The van der Waals surface area contributed by atoms with Gasteiger partial charge in [0.2, 0.25) is 0 Å². The van der Waals surface area contributed by atoms with E-state index in [1.807, 2.05) is 24.3 Å². The third kappa shape index (κ3) is 2.71. The predicted molar refractivity (Wildman–Crippen MR) is 86.8 cm³/mol. The Bertz CT molecular complexity index is 868. The summed E-state index contributed by atoms with van der Waals surface area (Å²) in [5, 5.41) is 0. The second-order valence-electron chi connectivity index (χ2n) is 5.67. The summed E-state index contributed by atoms with van der Waals surface area (Å²) in [6, 6.07) is 8.86. The lowest BCUT2D eigenvalue weighted by molar-refractivity contribution is 0.0598. The van der Waals surface area contributed by atoms with E-state index in [1.165, 1.54) is 13.2 Å². The smallest absolute Gasteiger partial charge is 0.343 e. The number of fused-ring (bicyclic) bond motifs is 1. The molecule has 124 valence electrons. The third-order valence-corrected chi connectivity index (χ3v) is 4.29. The van der Waals surface area contributed by atoms with Gasteiger partial charge in [0.25, 0.3) is 5.56 Å². The number of ether oxygens (including phenoxy) is 2. The van der Waals surface area contributed by atoms with E-state index in [1.54, 1.807) is 7.11 Å². The van der Waals surface area contributed by atoms with Gasteiger partial charge >= 0.3 is 5.97 Å². The van der Waals surface area contributed by atoms with E-state index < -0.39 is 11.5 Å². The Morgan fingerprint density at radius 3 is 2.62 bits per heavy atom. The van der Waals surface area contributed by atoms with Crippen molar-refractivity contribution < 1.29 is 19.1 Å². The Hall–Kier alpha value is -2.89. The number of Topliss-reactive ketones (excluding diaryl/α,β-unsaturated/α-hetero) is 1. The molecule has 1 N–H and O–H groups in total. The average molecular weight is 327 g/mol. The number of ketones is 1. The molecule has 1 unspecified atom stereocenters. The highest BCUT2D eigenvalue weighted by Gasteiger charge is 2.30. The maximum Gasteiger partial charge on any atom is 0.343 e. The van der Waals surface area contributed by atoms with Gasteiger partial charge in [0.05, 0.1) is 14.2 Å². The van der Waals surface area contributed by atoms with Gasteiger partial charge in [-0.1, -0.05) is 18.2 Å². The summed E-state index contributed by atoms with van der Waals surface area (Å²) in [7, 11) is 2.78. The zero-order valence-electron chi connectivity index (χ0n) is 13.4. The predicted octanol–water partition coefficient (Wildman–Crippen LogP) is 2.08. The number of carbonyl (C=O) groups is 2. The van der Waals surface area contributed by atoms with E-state index in [-0.39, 0.29) is 17.3 Å². The van der Waals surface area contributed by atoms with Gasteiger partial charge in [-0.05, 0) is 24.1 Å². The minimum atomic E-state index is -0.751. The average Bonchev–Trinajstić information content (AvgIpc) is 2.60.